The van der Waals surface area contributed by atoms with Gasteiger partial charge in [0.1, 0.15) is 5.69 Å². The number of benzene rings is 1. The Morgan fingerprint density at radius 2 is 2.16 bits per heavy atom. The summed E-state index contributed by atoms with van der Waals surface area (Å²) in [6, 6.07) is 9.16. The van der Waals surface area contributed by atoms with E-state index in [0.717, 1.165) is 10.0 Å². The van der Waals surface area contributed by atoms with Crippen molar-refractivity contribution in [3.8, 4) is 11.3 Å². The lowest BCUT2D eigenvalue weighted by Crippen LogP contribution is -2.46. The maximum Gasteiger partial charge on any atom is 0.356 e. The van der Waals surface area contributed by atoms with Gasteiger partial charge < -0.3 is 14.4 Å². The molecule has 1 aromatic carbocycles. The summed E-state index contributed by atoms with van der Waals surface area (Å²) in [5.74, 6) is -0.832. The molecule has 1 saturated heterocycles. The van der Waals surface area contributed by atoms with Gasteiger partial charge in [-0.3, -0.25) is 9.89 Å². The number of carbonyl (C=O) groups excluding carboxylic acids is 2. The van der Waals surface area contributed by atoms with Crippen LogP contribution < -0.4 is 0 Å². The Bertz CT molecular complexity index is 760. The number of ether oxygens (including phenoxy) is 2. The number of nitrogens with zero attached hydrogens (tertiary/aromatic N) is 2. The van der Waals surface area contributed by atoms with Crippen molar-refractivity contribution in [1.82, 2.24) is 15.1 Å². The van der Waals surface area contributed by atoms with E-state index < -0.39 is 5.97 Å². The molecule has 0 bridgehead atoms. The van der Waals surface area contributed by atoms with E-state index in [4.69, 9.17) is 9.47 Å². The largest absolute Gasteiger partial charge is 0.451 e. The van der Waals surface area contributed by atoms with E-state index >= 15 is 0 Å². The maximum absolute atomic E-state index is 12.1. The van der Waals surface area contributed by atoms with Crippen LogP contribution in [-0.2, 0) is 14.3 Å². The molecule has 1 aliphatic heterocycles. The molecular weight excluding hydrogens is 390 g/mol. The van der Waals surface area contributed by atoms with Crippen molar-refractivity contribution in [1.29, 1.82) is 0 Å². The van der Waals surface area contributed by atoms with Crippen molar-refractivity contribution in [2.45, 2.75) is 13.0 Å². The van der Waals surface area contributed by atoms with Gasteiger partial charge in [-0.2, -0.15) is 5.10 Å². The third-order valence-electron chi connectivity index (χ3n) is 3.86. The number of rotatable bonds is 4. The Morgan fingerprint density at radius 3 is 2.88 bits per heavy atom. The van der Waals surface area contributed by atoms with E-state index in [1.165, 1.54) is 0 Å². The first-order valence-electron chi connectivity index (χ1n) is 7.91. The Labute approximate surface area is 153 Å². The highest BCUT2D eigenvalue weighted by Crippen LogP contribution is 2.20. The first-order chi connectivity index (χ1) is 12.0. The fourth-order valence-corrected chi connectivity index (χ4v) is 2.80. The van der Waals surface area contributed by atoms with Gasteiger partial charge in [-0.25, -0.2) is 4.79 Å². The standard InChI is InChI=1S/C17H18BrN3O4/c1-11-9-21(6-7-24-11)16(22)10-25-17(23)15-8-14(19-20-15)12-2-4-13(18)5-3-12/h2-5,8,11H,6-7,9-10H2,1H3,(H,19,20). The summed E-state index contributed by atoms with van der Waals surface area (Å²) in [7, 11) is 0. The molecule has 132 valence electrons. The molecule has 25 heavy (non-hydrogen) atoms. The number of nitrogens with one attached hydrogen (secondary N) is 1. The van der Waals surface area contributed by atoms with Crippen molar-refractivity contribution in [3.05, 3.63) is 40.5 Å². The minimum Gasteiger partial charge on any atom is -0.451 e. The second kappa shape index (κ2) is 7.79. The van der Waals surface area contributed by atoms with Crippen LogP contribution in [0.4, 0.5) is 0 Å². The molecule has 2 aromatic rings. The Hall–Kier alpha value is -2.19. The average molecular weight is 408 g/mol. The SMILES string of the molecule is CC1CN(C(=O)COC(=O)c2cc(-c3ccc(Br)cc3)n[nH]2)CCO1. The summed E-state index contributed by atoms with van der Waals surface area (Å²) >= 11 is 3.37. The number of aromatic nitrogens is 2. The van der Waals surface area contributed by atoms with E-state index in [0.29, 0.717) is 25.4 Å². The molecule has 8 heteroatoms. The van der Waals surface area contributed by atoms with Crippen LogP contribution >= 0.6 is 15.9 Å². The second-order valence-corrected chi connectivity index (χ2v) is 6.69. The molecule has 1 amide bonds. The van der Waals surface area contributed by atoms with Crippen LogP contribution in [0.2, 0.25) is 0 Å². The van der Waals surface area contributed by atoms with Crippen LogP contribution in [0, 0.1) is 0 Å². The first-order valence-corrected chi connectivity index (χ1v) is 8.70. The molecule has 1 atom stereocenters. The quantitative estimate of drug-likeness (QED) is 0.785. The predicted molar refractivity (Wildman–Crippen MR) is 94.0 cm³/mol. The molecule has 1 fully saturated rings. The lowest BCUT2D eigenvalue weighted by molar-refractivity contribution is -0.141. The zero-order valence-electron chi connectivity index (χ0n) is 13.7. The highest BCUT2D eigenvalue weighted by atomic mass is 79.9. The second-order valence-electron chi connectivity index (χ2n) is 5.77. The van der Waals surface area contributed by atoms with Crippen LogP contribution in [-0.4, -0.2) is 59.4 Å². The highest BCUT2D eigenvalue weighted by Gasteiger charge is 2.23. The number of halogens is 1. The third kappa shape index (κ3) is 4.46. The summed E-state index contributed by atoms with van der Waals surface area (Å²) < 4.78 is 11.4. The average Bonchev–Trinajstić information content (AvgIpc) is 3.10. The van der Waals surface area contributed by atoms with Crippen LogP contribution in [0.15, 0.2) is 34.8 Å². The monoisotopic (exact) mass is 407 g/mol. The van der Waals surface area contributed by atoms with E-state index in [1.54, 1.807) is 11.0 Å². The third-order valence-corrected chi connectivity index (χ3v) is 4.39. The van der Waals surface area contributed by atoms with Crippen molar-refractivity contribution in [3.63, 3.8) is 0 Å². The number of esters is 1. The van der Waals surface area contributed by atoms with Crippen molar-refractivity contribution >= 4 is 27.8 Å². The first kappa shape index (κ1) is 17.6. The Morgan fingerprint density at radius 1 is 1.40 bits per heavy atom. The molecule has 0 spiro atoms. The fourth-order valence-electron chi connectivity index (χ4n) is 2.54. The minimum absolute atomic E-state index is 0.00511. The van der Waals surface area contributed by atoms with Gasteiger partial charge in [-0.1, -0.05) is 28.1 Å². The Kier molecular flexibility index (Phi) is 5.50. The summed E-state index contributed by atoms with van der Waals surface area (Å²) in [4.78, 5) is 25.8. The highest BCUT2D eigenvalue weighted by molar-refractivity contribution is 9.10. The summed E-state index contributed by atoms with van der Waals surface area (Å²) in [5.41, 5.74) is 1.71. The van der Waals surface area contributed by atoms with Gasteiger partial charge in [0.05, 0.1) is 18.4 Å². The number of aromatic amines is 1. The Balaban J connectivity index is 1.56. The van der Waals surface area contributed by atoms with Crippen LogP contribution in [0.5, 0.6) is 0 Å². The van der Waals surface area contributed by atoms with Crippen LogP contribution in [0.3, 0.4) is 0 Å². The van der Waals surface area contributed by atoms with E-state index in [9.17, 15) is 9.59 Å². The van der Waals surface area contributed by atoms with Gasteiger partial charge in [-0.15, -0.1) is 0 Å². The smallest absolute Gasteiger partial charge is 0.356 e. The van der Waals surface area contributed by atoms with E-state index in [-0.39, 0.29) is 24.3 Å². The molecular formula is C17H18BrN3O4. The molecule has 0 aliphatic carbocycles. The number of hydrogen-bond acceptors (Lipinski definition) is 5. The number of carbonyl (C=O) groups is 2. The lowest BCUT2D eigenvalue weighted by Gasteiger charge is -2.30. The fraction of sp³-hybridized carbons (Fsp3) is 0.353. The molecule has 2 heterocycles. The van der Waals surface area contributed by atoms with Crippen molar-refractivity contribution in [2.24, 2.45) is 0 Å². The number of H-pyrrole nitrogens is 1. The van der Waals surface area contributed by atoms with Crippen molar-refractivity contribution in [2.75, 3.05) is 26.3 Å². The van der Waals surface area contributed by atoms with Gasteiger partial charge in [0.25, 0.3) is 5.91 Å². The molecule has 3 rings (SSSR count). The zero-order valence-corrected chi connectivity index (χ0v) is 15.3. The summed E-state index contributed by atoms with van der Waals surface area (Å²) in [6.45, 7) is 3.13. The van der Waals surface area contributed by atoms with Gasteiger partial charge in [-0.05, 0) is 25.1 Å². The van der Waals surface area contributed by atoms with Gasteiger partial charge in [0.2, 0.25) is 0 Å². The molecule has 0 radical (unpaired) electrons. The number of morpholine rings is 1. The van der Waals surface area contributed by atoms with E-state index in [2.05, 4.69) is 26.1 Å². The molecule has 1 unspecified atom stereocenters. The van der Waals surface area contributed by atoms with E-state index in [1.807, 2.05) is 31.2 Å². The van der Waals surface area contributed by atoms with Gasteiger partial charge in [0, 0.05) is 23.1 Å². The molecule has 1 aliphatic rings. The minimum atomic E-state index is -0.606. The predicted octanol–water partition coefficient (Wildman–Crippen LogP) is 2.24. The molecule has 1 N–H and O–H groups in total. The maximum atomic E-state index is 12.1. The number of hydrogen-bond donors (Lipinski definition) is 1. The number of amides is 1. The van der Waals surface area contributed by atoms with Crippen LogP contribution in [0.25, 0.3) is 11.3 Å². The van der Waals surface area contributed by atoms with Crippen molar-refractivity contribution < 1.29 is 19.1 Å². The lowest BCUT2D eigenvalue weighted by atomic mass is 10.1. The zero-order chi connectivity index (χ0) is 17.8. The van der Waals surface area contributed by atoms with Gasteiger partial charge in [0.15, 0.2) is 6.61 Å². The molecule has 0 saturated carbocycles. The molecule has 1 aromatic heterocycles. The summed E-state index contributed by atoms with van der Waals surface area (Å²) in [5, 5.41) is 6.76. The topological polar surface area (TPSA) is 84.5 Å². The molecule has 7 nitrogen and oxygen atoms in total. The van der Waals surface area contributed by atoms with Gasteiger partial charge >= 0.3 is 5.97 Å². The normalized spacial score (nSPS) is 17.4. The summed E-state index contributed by atoms with van der Waals surface area (Å²) in [6.07, 6.45) is -0.00511. The van der Waals surface area contributed by atoms with Crippen LogP contribution in [0.1, 0.15) is 17.4 Å².